The minimum atomic E-state index is -3.23. The van der Waals surface area contributed by atoms with Crippen molar-refractivity contribution < 1.29 is 23.1 Å². The molecule has 8 heteroatoms. The fourth-order valence-electron chi connectivity index (χ4n) is 3.49. The van der Waals surface area contributed by atoms with Crippen LogP contribution in [0.25, 0.3) is 0 Å². The lowest BCUT2D eigenvalue weighted by molar-refractivity contribution is -0.147. The third-order valence-electron chi connectivity index (χ3n) is 5.25. The second kappa shape index (κ2) is 10.9. The highest BCUT2D eigenvalue weighted by Gasteiger charge is 2.33. The summed E-state index contributed by atoms with van der Waals surface area (Å²) in [6.45, 7) is 6.16. The summed E-state index contributed by atoms with van der Waals surface area (Å²) in [6.07, 6.45) is 5.38. The molecule has 0 radical (unpaired) electrons. The van der Waals surface area contributed by atoms with Crippen LogP contribution in [0.2, 0.25) is 0 Å². The van der Waals surface area contributed by atoms with Crippen LogP contribution in [-0.2, 0) is 19.6 Å². The van der Waals surface area contributed by atoms with Crippen LogP contribution in [0.1, 0.15) is 65.7 Å². The van der Waals surface area contributed by atoms with Gasteiger partial charge >= 0.3 is 5.97 Å². The van der Waals surface area contributed by atoms with Crippen molar-refractivity contribution in [3.8, 4) is 0 Å². The zero-order chi connectivity index (χ0) is 19.7. The van der Waals surface area contributed by atoms with Crippen LogP contribution >= 0.6 is 0 Å². The lowest BCUT2D eigenvalue weighted by atomic mass is 9.94. The molecule has 0 bridgehead atoms. The maximum atomic E-state index is 12.8. The largest absolute Gasteiger partial charge is 0.480 e. The third kappa shape index (κ3) is 6.87. The Labute approximate surface area is 157 Å². The number of piperidine rings is 1. The van der Waals surface area contributed by atoms with E-state index < -0.39 is 16.0 Å². The zero-order valence-electron chi connectivity index (χ0n) is 16.3. The Morgan fingerprint density at radius 2 is 1.81 bits per heavy atom. The van der Waals surface area contributed by atoms with Gasteiger partial charge in [0.05, 0.1) is 5.75 Å². The monoisotopic (exact) mass is 390 g/mol. The van der Waals surface area contributed by atoms with Gasteiger partial charge in [0, 0.05) is 25.6 Å². The molecule has 0 saturated carbocycles. The predicted molar refractivity (Wildman–Crippen MR) is 101 cm³/mol. The first-order valence-electron chi connectivity index (χ1n) is 9.74. The fourth-order valence-corrected chi connectivity index (χ4v) is 4.62. The van der Waals surface area contributed by atoms with Crippen LogP contribution in [0.5, 0.6) is 0 Å². The number of sulfonamides is 1. The molecule has 152 valence electrons. The van der Waals surface area contributed by atoms with Gasteiger partial charge in [-0.1, -0.05) is 33.1 Å². The highest BCUT2D eigenvalue weighted by atomic mass is 32.2. The number of unbranched alkanes of at least 4 members (excludes halogenated alkanes) is 1. The average molecular weight is 391 g/mol. The second-order valence-electron chi connectivity index (χ2n) is 7.07. The van der Waals surface area contributed by atoms with Gasteiger partial charge < -0.3 is 10.0 Å². The van der Waals surface area contributed by atoms with Crippen LogP contribution in [0.15, 0.2) is 0 Å². The molecule has 1 N–H and O–H groups in total. The van der Waals surface area contributed by atoms with Crippen molar-refractivity contribution in [2.24, 2.45) is 5.92 Å². The van der Waals surface area contributed by atoms with Crippen molar-refractivity contribution in [2.45, 2.75) is 71.8 Å². The van der Waals surface area contributed by atoms with Gasteiger partial charge in [-0.3, -0.25) is 9.59 Å². The summed E-state index contributed by atoms with van der Waals surface area (Å²) in [7, 11) is -3.23. The molecule has 0 aromatic rings. The van der Waals surface area contributed by atoms with Crippen molar-refractivity contribution >= 4 is 21.9 Å². The maximum Gasteiger partial charge on any atom is 0.323 e. The lowest BCUT2D eigenvalue weighted by Gasteiger charge is -2.37. The molecule has 0 aliphatic carbocycles. The van der Waals surface area contributed by atoms with Gasteiger partial charge in [-0.15, -0.1) is 0 Å². The molecule has 7 nitrogen and oxygen atoms in total. The highest BCUT2D eigenvalue weighted by molar-refractivity contribution is 7.89. The van der Waals surface area contributed by atoms with Crippen molar-refractivity contribution in [2.75, 3.05) is 25.4 Å². The minimum Gasteiger partial charge on any atom is -0.480 e. The van der Waals surface area contributed by atoms with Crippen molar-refractivity contribution in [1.29, 1.82) is 0 Å². The number of hydrogen-bond donors (Lipinski definition) is 1. The van der Waals surface area contributed by atoms with Gasteiger partial charge in [0.25, 0.3) is 0 Å². The van der Waals surface area contributed by atoms with Gasteiger partial charge in [-0.2, -0.15) is 0 Å². The van der Waals surface area contributed by atoms with Crippen molar-refractivity contribution in [3.05, 3.63) is 0 Å². The van der Waals surface area contributed by atoms with Crippen molar-refractivity contribution in [1.82, 2.24) is 9.21 Å². The number of aliphatic carboxylic acids is 1. The standard InChI is InChI=1S/C18H34N2O5S/c1-4-7-8-15(5-2)13-17(21)20(14-18(22)23)16-9-11-19(12-10-16)26(24,25)6-3/h15-16H,4-14H2,1-3H3,(H,22,23). The molecule has 0 aromatic heterocycles. The van der Waals surface area contributed by atoms with Gasteiger partial charge in [0.2, 0.25) is 15.9 Å². The van der Waals surface area contributed by atoms with E-state index >= 15 is 0 Å². The topological polar surface area (TPSA) is 95.0 Å². The molecule has 1 fully saturated rings. The molecule has 1 atom stereocenters. The Balaban J connectivity index is 2.75. The number of hydrogen-bond acceptors (Lipinski definition) is 4. The maximum absolute atomic E-state index is 12.8. The van der Waals surface area contributed by atoms with Crippen LogP contribution in [0.3, 0.4) is 0 Å². The number of carboxylic acids is 1. The van der Waals surface area contributed by atoms with E-state index in [-0.39, 0.29) is 30.2 Å². The summed E-state index contributed by atoms with van der Waals surface area (Å²) < 4.78 is 25.4. The SMILES string of the molecule is CCCCC(CC)CC(=O)N(CC(=O)O)C1CCN(S(=O)(=O)CC)CC1. The summed E-state index contributed by atoms with van der Waals surface area (Å²) >= 11 is 0. The molecule has 1 aliphatic heterocycles. The van der Waals surface area contributed by atoms with Gasteiger partial charge in [-0.25, -0.2) is 12.7 Å². The first-order valence-corrected chi connectivity index (χ1v) is 11.3. The number of nitrogens with zero attached hydrogens (tertiary/aromatic N) is 2. The van der Waals surface area contributed by atoms with E-state index in [9.17, 15) is 23.1 Å². The second-order valence-corrected chi connectivity index (χ2v) is 9.32. The van der Waals surface area contributed by atoms with E-state index in [0.29, 0.717) is 32.4 Å². The van der Waals surface area contributed by atoms with E-state index in [1.54, 1.807) is 6.92 Å². The van der Waals surface area contributed by atoms with Crippen LogP contribution in [0.4, 0.5) is 0 Å². The quantitative estimate of drug-likeness (QED) is 0.584. The molecule has 1 rings (SSSR count). The van der Waals surface area contributed by atoms with Crippen LogP contribution < -0.4 is 0 Å². The molecular weight excluding hydrogens is 356 g/mol. The Hall–Kier alpha value is -1.15. The van der Waals surface area contributed by atoms with E-state index in [4.69, 9.17) is 0 Å². The first-order chi connectivity index (χ1) is 12.2. The van der Waals surface area contributed by atoms with E-state index in [1.807, 2.05) is 0 Å². The molecule has 1 saturated heterocycles. The summed E-state index contributed by atoms with van der Waals surface area (Å²) in [5.41, 5.74) is 0. The Kier molecular flexibility index (Phi) is 9.57. The zero-order valence-corrected chi connectivity index (χ0v) is 17.1. The normalized spacial score (nSPS) is 17.8. The van der Waals surface area contributed by atoms with Gasteiger partial charge in [0.15, 0.2) is 0 Å². The number of carboxylic acid groups (broad SMARTS) is 1. The summed E-state index contributed by atoms with van der Waals surface area (Å²) in [5, 5.41) is 9.22. The molecule has 0 spiro atoms. The fraction of sp³-hybridized carbons (Fsp3) is 0.889. The predicted octanol–water partition coefficient (Wildman–Crippen LogP) is 2.32. The van der Waals surface area contributed by atoms with E-state index in [0.717, 1.165) is 25.7 Å². The molecule has 26 heavy (non-hydrogen) atoms. The van der Waals surface area contributed by atoms with E-state index in [1.165, 1.54) is 9.21 Å². The molecule has 1 heterocycles. The van der Waals surface area contributed by atoms with Crippen LogP contribution in [0, 0.1) is 5.92 Å². The summed E-state index contributed by atoms with van der Waals surface area (Å²) in [6, 6.07) is -0.203. The number of amides is 1. The molecule has 1 amide bonds. The molecule has 0 aromatic carbocycles. The molecule has 1 aliphatic rings. The Bertz CT molecular complexity index is 556. The van der Waals surface area contributed by atoms with Crippen LogP contribution in [-0.4, -0.2) is 66.0 Å². The lowest BCUT2D eigenvalue weighted by Crippen LogP contribution is -2.50. The Morgan fingerprint density at radius 3 is 2.27 bits per heavy atom. The third-order valence-corrected chi connectivity index (χ3v) is 7.14. The van der Waals surface area contributed by atoms with Gasteiger partial charge in [0.1, 0.15) is 6.54 Å². The molecule has 1 unspecified atom stereocenters. The number of carbonyl (C=O) groups is 2. The first kappa shape index (κ1) is 22.9. The summed E-state index contributed by atoms with van der Waals surface area (Å²) in [5.74, 6) is -0.805. The molecular formula is C18H34N2O5S. The Morgan fingerprint density at radius 1 is 1.19 bits per heavy atom. The average Bonchev–Trinajstić information content (AvgIpc) is 2.62. The number of rotatable bonds is 11. The van der Waals surface area contributed by atoms with E-state index in [2.05, 4.69) is 13.8 Å². The summed E-state index contributed by atoms with van der Waals surface area (Å²) in [4.78, 5) is 25.5. The number of carbonyl (C=O) groups excluding carboxylic acids is 1. The smallest absolute Gasteiger partial charge is 0.323 e. The van der Waals surface area contributed by atoms with Gasteiger partial charge in [-0.05, 0) is 32.1 Å². The highest BCUT2D eigenvalue weighted by Crippen LogP contribution is 2.23. The minimum absolute atomic E-state index is 0.0606. The van der Waals surface area contributed by atoms with Crippen molar-refractivity contribution in [3.63, 3.8) is 0 Å².